The highest BCUT2D eigenvalue weighted by molar-refractivity contribution is 7.89. The normalized spacial score (nSPS) is 12.9. The summed E-state index contributed by atoms with van der Waals surface area (Å²) in [5.74, 6) is 0.735. The van der Waals surface area contributed by atoms with Crippen molar-refractivity contribution in [2.75, 3.05) is 20.1 Å². The van der Waals surface area contributed by atoms with Gasteiger partial charge in [0.15, 0.2) is 0 Å². The molecule has 0 aliphatic carbocycles. The molecule has 0 fully saturated rings. The number of hydrogen-bond donors (Lipinski definition) is 0. The van der Waals surface area contributed by atoms with Crippen molar-refractivity contribution >= 4 is 38.6 Å². The Morgan fingerprint density at radius 1 is 1.15 bits per heavy atom. The van der Waals surface area contributed by atoms with E-state index < -0.39 is 10.0 Å². The average molecular weight is 491 g/mol. The lowest BCUT2D eigenvalue weighted by Gasteiger charge is -2.25. The zero-order chi connectivity index (χ0) is 24.3. The molecule has 0 N–H and O–H groups in total. The first kappa shape index (κ1) is 25.2. The van der Waals surface area contributed by atoms with Crippen LogP contribution in [0.25, 0.3) is 11.0 Å². The number of amides is 1. The van der Waals surface area contributed by atoms with Gasteiger partial charge < -0.3 is 9.47 Å². The molecule has 7 nitrogen and oxygen atoms in total. The second-order valence-corrected chi connectivity index (χ2v) is 10.4. The van der Waals surface area contributed by atoms with E-state index in [1.807, 2.05) is 56.7 Å². The number of fused-ring (bicyclic) bond motifs is 1. The molecule has 1 aromatic heterocycles. The second-order valence-electron chi connectivity index (χ2n) is 8.06. The number of hydrogen-bond acceptors (Lipinski definition) is 4. The van der Waals surface area contributed by atoms with Crippen LogP contribution < -0.4 is 0 Å². The van der Waals surface area contributed by atoms with Gasteiger partial charge in [-0.2, -0.15) is 4.31 Å². The quantitative estimate of drug-likeness (QED) is 0.445. The van der Waals surface area contributed by atoms with Crippen molar-refractivity contribution in [2.45, 2.75) is 44.6 Å². The summed E-state index contributed by atoms with van der Waals surface area (Å²) < 4.78 is 29.0. The first-order valence-corrected chi connectivity index (χ1v) is 12.9. The molecule has 1 atom stereocenters. The third kappa shape index (κ3) is 5.23. The van der Waals surface area contributed by atoms with Crippen LogP contribution in [0.3, 0.4) is 0 Å². The molecule has 0 saturated carbocycles. The molecule has 1 amide bonds. The molecule has 1 heterocycles. The van der Waals surface area contributed by atoms with Gasteiger partial charge in [0.25, 0.3) is 0 Å². The van der Waals surface area contributed by atoms with Crippen molar-refractivity contribution in [3.8, 4) is 0 Å². The number of halogens is 1. The summed E-state index contributed by atoms with van der Waals surface area (Å²) in [5, 5.41) is 0.641. The van der Waals surface area contributed by atoms with Gasteiger partial charge in [-0.25, -0.2) is 13.4 Å². The molecule has 3 rings (SSSR count). The molecule has 178 valence electrons. The Morgan fingerprint density at radius 3 is 2.48 bits per heavy atom. The average Bonchev–Trinajstić information content (AvgIpc) is 3.12. The summed E-state index contributed by atoms with van der Waals surface area (Å²) in [5.41, 5.74) is 2.41. The molecule has 2 aromatic carbocycles. The largest absolute Gasteiger partial charge is 0.339 e. The fourth-order valence-corrected chi connectivity index (χ4v) is 5.60. The molecule has 1 unspecified atom stereocenters. The van der Waals surface area contributed by atoms with Crippen LogP contribution in [0.1, 0.15) is 44.6 Å². The SMILES string of the molecule is CCN(CC)S(=O)(=O)c1ccc2c(c1)nc(CCC(=O)N(C)C(C)c1cccc(Cl)c1)n2C. The molecular formula is C24H31ClN4O3S. The highest BCUT2D eigenvalue weighted by Crippen LogP contribution is 2.25. The van der Waals surface area contributed by atoms with Gasteiger partial charge in [0.2, 0.25) is 15.9 Å². The van der Waals surface area contributed by atoms with Gasteiger partial charge in [0.1, 0.15) is 5.82 Å². The Kier molecular flexibility index (Phi) is 7.82. The Hall–Kier alpha value is -2.42. The summed E-state index contributed by atoms with van der Waals surface area (Å²) in [4.78, 5) is 19.4. The minimum atomic E-state index is -3.56. The zero-order valence-corrected chi connectivity index (χ0v) is 21.3. The monoisotopic (exact) mass is 490 g/mol. The molecule has 0 aliphatic heterocycles. The van der Waals surface area contributed by atoms with Gasteiger partial charge in [-0.05, 0) is 42.8 Å². The van der Waals surface area contributed by atoms with E-state index in [4.69, 9.17) is 11.6 Å². The molecule has 0 saturated heterocycles. The van der Waals surface area contributed by atoms with E-state index in [1.54, 1.807) is 30.1 Å². The van der Waals surface area contributed by atoms with Gasteiger partial charge in [-0.1, -0.05) is 37.6 Å². The molecule has 0 spiro atoms. The van der Waals surface area contributed by atoms with Crippen LogP contribution in [0.5, 0.6) is 0 Å². The van der Waals surface area contributed by atoms with E-state index in [0.717, 1.165) is 16.9 Å². The fraction of sp³-hybridized carbons (Fsp3) is 0.417. The van der Waals surface area contributed by atoms with Crippen LogP contribution in [0.2, 0.25) is 5.02 Å². The van der Waals surface area contributed by atoms with Crippen LogP contribution >= 0.6 is 11.6 Å². The number of aromatic nitrogens is 2. The zero-order valence-electron chi connectivity index (χ0n) is 19.7. The van der Waals surface area contributed by atoms with E-state index in [0.29, 0.717) is 36.5 Å². The number of sulfonamides is 1. The number of carbonyl (C=O) groups is 1. The van der Waals surface area contributed by atoms with E-state index in [1.165, 1.54) is 4.31 Å². The molecule has 33 heavy (non-hydrogen) atoms. The predicted octanol–water partition coefficient (Wildman–Crippen LogP) is 4.41. The van der Waals surface area contributed by atoms with Gasteiger partial charge in [0.05, 0.1) is 22.0 Å². The van der Waals surface area contributed by atoms with Crippen molar-refractivity contribution in [1.29, 1.82) is 0 Å². The van der Waals surface area contributed by atoms with E-state index >= 15 is 0 Å². The van der Waals surface area contributed by atoms with Crippen LogP contribution in [-0.2, 0) is 28.3 Å². The number of imidazole rings is 1. The summed E-state index contributed by atoms with van der Waals surface area (Å²) in [6.45, 7) is 6.43. The van der Waals surface area contributed by atoms with E-state index in [-0.39, 0.29) is 16.8 Å². The molecular weight excluding hydrogens is 460 g/mol. The van der Waals surface area contributed by atoms with Crippen molar-refractivity contribution in [3.63, 3.8) is 0 Å². The minimum Gasteiger partial charge on any atom is -0.339 e. The van der Waals surface area contributed by atoms with Crippen molar-refractivity contribution in [3.05, 3.63) is 58.9 Å². The Balaban J connectivity index is 1.76. The maximum absolute atomic E-state index is 12.9. The fourth-order valence-electron chi connectivity index (χ4n) is 3.93. The molecule has 3 aromatic rings. The molecule has 0 aliphatic rings. The van der Waals surface area contributed by atoms with Gasteiger partial charge in [-0.3, -0.25) is 4.79 Å². The summed E-state index contributed by atoms with van der Waals surface area (Å²) in [6, 6.07) is 12.4. The smallest absolute Gasteiger partial charge is 0.243 e. The molecule has 9 heteroatoms. The lowest BCUT2D eigenvalue weighted by molar-refractivity contribution is -0.131. The number of carbonyl (C=O) groups excluding carboxylic acids is 1. The van der Waals surface area contributed by atoms with Crippen molar-refractivity contribution < 1.29 is 13.2 Å². The van der Waals surface area contributed by atoms with Crippen molar-refractivity contribution in [2.24, 2.45) is 7.05 Å². The van der Waals surface area contributed by atoms with Crippen molar-refractivity contribution in [1.82, 2.24) is 18.8 Å². The Morgan fingerprint density at radius 2 is 1.85 bits per heavy atom. The topological polar surface area (TPSA) is 75.5 Å². The third-order valence-electron chi connectivity index (χ3n) is 6.16. The second kappa shape index (κ2) is 10.2. The lowest BCUT2D eigenvalue weighted by Crippen LogP contribution is -2.30. The third-order valence-corrected chi connectivity index (χ3v) is 8.44. The maximum atomic E-state index is 12.9. The highest BCUT2D eigenvalue weighted by Gasteiger charge is 2.23. The first-order chi connectivity index (χ1) is 15.6. The van der Waals surface area contributed by atoms with E-state index in [9.17, 15) is 13.2 Å². The minimum absolute atomic E-state index is 0.000619. The predicted molar refractivity (Wildman–Crippen MR) is 132 cm³/mol. The van der Waals surface area contributed by atoms with E-state index in [2.05, 4.69) is 4.98 Å². The number of benzene rings is 2. The van der Waals surface area contributed by atoms with Gasteiger partial charge >= 0.3 is 0 Å². The Bertz CT molecular complexity index is 1250. The number of aryl methyl sites for hydroxylation is 2. The molecule has 0 bridgehead atoms. The van der Waals surface area contributed by atoms with Gasteiger partial charge in [0, 0.05) is 45.0 Å². The summed E-state index contributed by atoms with van der Waals surface area (Å²) in [7, 11) is 0.108. The first-order valence-electron chi connectivity index (χ1n) is 11.1. The highest BCUT2D eigenvalue weighted by atomic mass is 35.5. The van der Waals surface area contributed by atoms with Crippen LogP contribution in [0, 0.1) is 0 Å². The van der Waals surface area contributed by atoms with Gasteiger partial charge in [-0.15, -0.1) is 0 Å². The Labute approximate surface area is 201 Å². The summed E-state index contributed by atoms with van der Waals surface area (Å²) >= 11 is 6.09. The van der Waals surface area contributed by atoms with Crippen LogP contribution in [0.15, 0.2) is 47.4 Å². The van der Waals surface area contributed by atoms with Crippen LogP contribution in [0.4, 0.5) is 0 Å². The maximum Gasteiger partial charge on any atom is 0.243 e. The molecule has 0 radical (unpaired) electrons. The number of nitrogens with zero attached hydrogens (tertiary/aromatic N) is 4. The standard InChI is InChI=1S/C24H31ClN4O3S/c1-6-29(7-2)33(31,32)20-11-12-22-21(16-20)26-23(28(22)5)13-14-24(30)27(4)17(3)18-9-8-10-19(25)15-18/h8-12,15-17H,6-7,13-14H2,1-5H3. The van der Waals surface area contributed by atoms with Crippen LogP contribution in [-0.4, -0.2) is 53.2 Å². The summed E-state index contributed by atoms with van der Waals surface area (Å²) in [6.07, 6.45) is 0.748. The lowest BCUT2D eigenvalue weighted by atomic mass is 10.1. The number of rotatable bonds is 9.